The minimum Gasteiger partial charge on any atom is -0.477 e. The summed E-state index contributed by atoms with van der Waals surface area (Å²) in [5.41, 5.74) is 1.72. The average Bonchev–Trinajstić information content (AvgIpc) is 2.29. The van der Waals surface area contributed by atoms with E-state index in [4.69, 9.17) is 5.11 Å². The summed E-state index contributed by atoms with van der Waals surface area (Å²) in [6.45, 7) is -0.292. The minimum absolute atomic E-state index is 0.472. The lowest BCUT2D eigenvalue weighted by Crippen LogP contribution is -2.44. The lowest BCUT2D eigenvalue weighted by Gasteiger charge is -2.32. The number of alkyl halides is 2. The van der Waals surface area contributed by atoms with Crippen LogP contribution in [0.4, 0.5) is 14.5 Å². The molecule has 17 heavy (non-hydrogen) atoms. The maximum atomic E-state index is 13.2. The summed E-state index contributed by atoms with van der Waals surface area (Å²) < 4.78 is 26.4. The Labute approximate surface area is 97.7 Å². The van der Waals surface area contributed by atoms with Gasteiger partial charge < -0.3 is 10.0 Å². The van der Waals surface area contributed by atoms with Gasteiger partial charge in [-0.3, -0.25) is 0 Å². The number of benzene rings is 1. The van der Waals surface area contributed by atoms with E-state index in [1.807, 2.05) is 12.1 Å². The maximum Gasteiger partial charge on any atom is 0.376 e. The van der Waals surface area contributed by atoms with E-state index in [-0.39, 0.29) is 0 Å². The number of rotatable bonds is 3. The number of carboxylic acid groups (broad SMARTS) is 1. The van der Waals surface area contributed by atoms with Gasteiger partial charge in [-0.2, -0.15) is 8.78 Å². The molecule has 0 bridgehead atoms. The molecule has 1 aliphatic heterocycles. The molecule has 0 spiro atoms. The number of carbonyl (C=O) groups is 1. The predicted molar refractivity (Wildman–Crippen MR) is 59.6 cm³/mol. The van der Waals surface area contributed by atoms with Crippen molar-refractivity contribution < 1.29 is 18.7 Å². The fourth-order valence-corrected chi connectivity index (χ4v) is 2.08. The molecule has 0 atom stereocenters. The number of fused-ring (bicyclic) bond motifs is 1. The van der Waals surface area contributed by atoms with Crippen LogP contribution in [0, 0.1) is 0 Å². The molecule has 0 radical (unpaired) electrons. The van der Waals surface area contributed by atoms with Gasteiger partial charge in [-0.1, -0.05) is 18.2 Å². The van der Waals surface area contributed by atoms with Gasteiger partial charge in [0.05, 0.1) is 6.54 Å². The number of aryl methyl sites for hydroxylation is 1. The largest absolute Gasteiger partial charge is 0.477 e. The van der Waals surface area contributed by atoms with Crippen molar-refractivity contribution in [3.63, 3.8) is 0 Å². The summed E-state index contributed by atoms with van der Waals surface area (Å²) in [6.07, 6.45) is 1.62. The van der Waals surface area contributed by atoms with Crippen LogP contribution in [0.25, 0.3) is 0 Å². The molecular formula is C12H13F2NO2. The number of anilines is 1. The molecule has 0 saturated carbocycles. The van der Waals surface area contributed by atoms with Gasteiger partial charge in [0.2, 0.25) is 0 Å². The lowest BCUT2D eigenvalue weighted by molar-refractivity contribution is -0.163. The van der Waals surface area contributed by atoms with Gasteiger partial charge in [0.25, 0.3) is 0 Å². The van der Waals surface area contributed by atoms with Crippen LogP contribution in [0.2, 0.25) is 0 Å². The zero-order chi connectivity index (χ0) is 12.5. The second kappa shape index (κ2) is 4.31. The number of hydrogen-bond donors (Lipinski definition) is 1. The van der Waals surface area contributed by atoms with Crippen LogP contribution in [0.15, 0.2) is 24.3 Å². The van der Waals surface area contributed by atoms with Crippen molar-refractivity contribution in [2.24, 2.45) is 0 Å². The molecule has 0 unspecified atom stereocenters. The van der Waals surface area contributed by atoms with Gasteiger partial charge in [-0.05, 0) is 24.5 Å². The Morgan fingerprint density at radius 1 is 1.41 bits per heavy atom. The maximum absolute atomic E-state index is 13.2. The first kappa shape index (κ1) is 11.8. The Morgan fingerprint density at radius 2 is 2.12 bits per heavy atom. The van der Waals surface area contributed by atoms with Gasteiger partial charge in [0.1, 0.15) is 0 Å². The van der Waals surface area contributed by atoms with E-state index in [2.05, 4.69) is 0 Å². The molecule has 1 heterocycles. The van der Waals surface area contributed by atoms with E-state index < -0.39 is 18.4 Å². The van der Waals surface area contributed by atoms with Crippen molar-refractivity contribution in [2.75, 3.05) is 18.0 Å². The van der Waals surface area contributed by atoms with Crippen LogP contribution < -0.4 is 4.90 Å². The van der Waals surface area contributed by atoms with Crippen molar-refractivity contribution in [1.82, 2.24) is 0 Å². The average molecular weight is 241 g/mol. The van der Waals surface area contributed by atoms with Crippen molar-refractivity contribution >= 4 is 11.7 Å². The zero-order valence-electron chi connectivity index (χ0n) is 9.20. The third-order valence-corrected chi connectivity index (χ3v) is 2.91. The smallest absolute Gasteiger partial charge is 0.376 e. The fraction of sp³-hybridized carbons (Fsp3) is 0.417. The molecule has 3 nitrogen and oxygen atoms in total. The first-order valence-electron chi connectivity index (χ1n) is 5.45. The highest BCUT2D eigenvalue weighted by Gasteiger charge is 2.41. The molecule has 1 aromatic rings. The van der Waals surface area contributed by atoms with E-state index in [1.54, 1.807) is 12.1 Å². The molecule has 5 heteroatoms. The van der Waals surface area contributed by atoms with Crippen LogP contribution in [0.3, 0.4) is 0 Å². The topological polar surface area (TPSA) is 40.5 Å². The first-order valence-corrected chi connectivity index (χ1v) is 5.45. The third-order valence-electron chi connectivity index (χ3n) is 2.91. The van der Waals surface area contributed by atoms with Crippen LogP contribution in [0.5, 0.6) is 0 Å². The number of halogens is 2. The van der Waals surface area contributed by atoms with Gasteiger partial charge in [0, 0.05) is 12.2 Å². The van der Waals surface area contributed by atoms with E-state index in [1.165, 1.54) is 4.90 Å². The molecule has 0 fully saturated rings. The molecule has 0 aromatic heterocycles. The highest BCUT2D eigenvalue weighted by Crippen LogP contribution is 2.29. The predicted octanol–water partition coefficient (Wildman–Crippen LogP) is 2.16. The Morgan fingerprint density at radius 3 is 2.82 bits per heavy atom. The van der Waals surface area contributed by atoms with E-state index in [0.29, 0.717) is 6.54 Å². The second-order valence-corrected chi connectivity index (χ2v) is 4.16. The van der Waals surface area contributed by atoms with Gasteiger partial charge in [-0.15, -0.1) is 0 Å². The summed E-state index contributed by atoms with van der Waals surface area (Å²) in [4.78, 5) is 11.9. The van der Waals surface area contributed by atoms with Gasteiger partial charge in [0.15, 0.2) is 0 Å². The molecular weight excluding hydrogens is 228 g/mol. The van der Waals surface area contributed by atoms with Crippen LogP contribution in [0.1, 0.15) is 12.0 Å². The van der Waals surface area contributed by atoms with Crippen molar-refractivity contribution in [2.45, 2.75) is 18.8 Å². The number of para-hydroxylation sites is 1. The van der Waals surface area contributed by atoms with Crippen LogP contribution in [-0.2, 0) is 11.2 Å². The highest BCUT2D eigenvalue weighted by molar-refractivity contribution is 5.76. The molecule has 0 aliphatic carbocycles. The Hall–Kier alpha value is -1.65. The highest BCUT2D eigenvalue weighted by atomic mass is 19.3. The number of hydrogen-bond acceptors (Lipinski definition) is 2. The number of nitrogens with zero attached hydrogens (tertiary/aromatic N) is 1. The fourth-order valence-electron chi connectivity index (χ4n) is 2.08. The monoisotopic (exact) mass is 241 g/mol. The summed E-state index contributed by atoms with van der Waals surface area (Å²) in [7, 11) is 0. The molecule has 2 rings (SSSR count). The third kappa shape index (κ3) is 2.38. The summed E-state index contributed by atoms with van der Waals surface area (Å²) in [5, 5.41) is 8.44. The lowest BCUT2D eigenvalue weighted by atomic mass is 10.0. The first-order chi connectivity index (χ1) is 8.00. The normalized spacial score (nSPS) is 15.5. The van der Waals surface area contributed by atoms with Crippen molar-refractivity contribution in [3.8, 4) is 0 Å². The molecule has 1 N–H and O–H groups in total. The molecule has 1 aromatic carbocycles. The van der Waals surface area contributed by atoms with E-state index in [9.17, 15) is 13.6 Å². The molecule has 0 amide bonds. The second-order valence-electron chi connectivity index (χ2n) is 4.16. The van der Waals surface area contributed by atoms with Crippen LogP contribution >= 0.6 is 0 Å². The van der Waals surface area contributed by atoms with Gasteiger partial charge >= 0.3 is 11.9 Å². The SMILES string of the molecule is O=C(O)C(F)(F)CN1CCCc2ccccc21. The molecule has 92 valence electrons. The molecule has 0 saturated heterocycles. The zero-order valence-corrected chi connectivity index (χ0v) is 9.20. The minimum atomic E-state index is -3.70. The summed E-state index contributed by atoms with van der Waals surface area (Å²) >= 11 is 0. The van der Waals surface area contributed by atoms with E-state index >= 15 is 0 Å². The quantitative estimate of drug-likeness (QED) is 0.881. The van der Waals surface area contributed by atoms with Gasteiger partial charge in [-0.25, -0.2) is 4.79 Å². The van der Waals surface area contributed by atoms with Crippen LogP contribution in [-0.4, -0.2) is 30.1 Å². The number of aliphatic carboxylic acids is 1. The Kier molecular flexibility index (Phi) is 3.00. The standard InChI is InChI=1S/C12H13F2NO2/c13-12(14,11(16)17)8-15-7-3-5-9-4-1-2-6-10(9)15/h1-2,4,6H,3,5,7-8H2,(H,16,17). The Bertz CT molecular complexity index is 434. The summed E-state index contributed by atoms with van der Waals surface area (Å²) in [5.74, 6) is -5.77. The summed E-state index contributed by atoms with van der Waals surface area (Å²) in [6, 6.07) is 7.28. The number of carboxylic acids is 1. The van der Waals surface area contributed by atoms with Crippen molar-refractivity contribution in [1.29, 1.82) is 0 Å². The Balaban J connectivity index is 2.22. The van der Waals surface area contributed by atoms with Crippen molar-refractivity contribution in [3.05, 3.63) is 29.8 Å². The van der Waals surface area contributed by atoms with E-state index in [0.717, 1.165) is 24.1 Å². The molecule has 1 aliphatic rings.